The molecule has 6 heteroatoms. The summed E-state index contributed by atoms with van der Waals surface area (Å²) in [5, 5.41) is 0. The van der Waals surface area contributed by atoms with Crippen LogP contribution in [-0.4, -0.2) is 30.1 Å². The largest absolute Gasteiger partial charge is 0.399 e. The monoisotopic (exact) mass is 286 g/mol. The van der Waals surface area contributed by atoms with Gasteiger partial charge < -0.3 is 10.6 Å². The van der Waals surface area contributed by atoms with Crippen molar-refractivity contribution in [2.75, 3.05) is 18.8 Å². The summed E-state index contributed by atoms with van der Waals surface area (Å²) in [5.41, 5.74) is 6.89. The van der Waals surface area contributed by atoms with Crippen LogP contribution in [-0.2, 0) is 11.2 Å². The molecule has 1 aromatic carbocycles. The second-order valence-electron chi connectivity index (χ2n) is 5.14. The fourth-order valence-electron chi connectivity index (χ4n) is 2.46. The third-order valence-corrected chi connectivity index (χ3v) is 3.54. The number of benzene rings is 1. The minimum atomic E-state index is -4.23. The first-order valence-electron chi connectivity index (χ1n) is 6.55. The number of piperidine rings is 1. The molecule has 0 aromatic heterocycles. The van der Waals surface area contributed by atoms with Crippen molar-refractivity contribution < 1.29 is 18.0 Å². The maximum atomic E-state index is 12.7. The number of amides is 1. The highest BCUT2D eigenvalue weighted by atomic mass is 19.4. The minimum absolute atomic E-state index is 0.0929. The molecule has 0 saturated carbocycles. The zero-order valence-electron chi connectivity index (χ0n) is 11.0. The van der Waals surface area contributed by atoms with Crippen LogP contribution in [0.4, 0.5) is 18.9 Å². The summed E-state index contributed by atoms with van der Waals surface area (Å²) in [7, 11) is 0. The van der Waals surface area contributed by atoms with E-state index in [1.165, 1.54) is 4.90 Å². The Labute approximate surface area is 115 Å². The molecule has 1 amide bonds. The molecule has 3 nitrogen and oxygen atoms in total. The molecule has 0 bridgehead atoms. The Hall–Kier alpha value is -1.72. The molecule has 1 aliphatic heterocycles. The van der Waals surface area contributed by atoms with Crippen LogP contribution in [0.2, 0.25) is 0 Å². The van der Waals surface area contributed by atoms with E-state index in [2.05, 4.69) is 0 Å². The molecule has 1 saturated heterocycles. The molecule has 1 fully saturated rings. The second kappa shape index (κ2) is 5.73. The highest BCUT2D eigenvalue weighted by Gasteiger charge is 2.42. The maximum Gasteiger partial charge on any atom is 0.393 e. The second-order valence-corrected chi connectivity index (χ2v) is 5.14. The van der Waals surface area contributed by atoms with Gasteiger partial charge in [-0.05, 0) is 30.5 Å². The van der Waals surface area contributed by atoms with Crippen molar-refractivity contribution in [3.05, 3.63) is 29.8 Å². The molecule has 110 valence electrons. The van der Waals surface area contributed by atoms with Crippen molar-refractivity contribution in [2.45, 2.75) is 25.4 Å². The van der Waals surface area contributed by atoms with E-state index in [0.717, 1.165) is 5.56 Å². The van der Waals surface area contributed by atoms with Crippen molar-refractivity contribution in [1.82, 2.24) is 4.90 Å². The highest BCUT2D eigenvalue weighted by molar-refractivity contribution is 5.79. The van der Waals surface area contributed by atoms with Crippen LogP contribution in [0.5, 0.6) is 0 Å². The van der Waals surface area contributed by atoms with Crippen LogP contribution in [0.1, 0.15) is 18.4 Å². The van der Waals surface area contributed by atoms with Gasteiger partial charge >= 0.3 is 6.18 Å². The van der Waals surface area contributed by atoms with Crippen molar-refractivity contribution in [3.8, 4) is 0 Å². The number of halogens is 3. The van der Waals surface area contributed by atoms with Gasteiger partial charge in [0.05, 0.1) is 12.3 Å². The number of carbonyl (C=O) groups excluding carboxylic acids is 1. The smallest absolute Gasteiger partial charge is 0.393 e. The van der Waals surface area contributed by atoms with Crippen LogP contribution in [0, 0.1) is 5.92 Å². The van der Waals surface area contributed by atoms with Gasteiger partial charge in [0, 0.05) is 18.8 Å². The molecule has 1 aromatic rings. The number of nitrogen functional groups attached to an aromatic ring is 1. The summed E-state index contributed by atoms with van der Waals surface area (Å²) in [6.45, 7) is 0.165. The Morgan fingerprint density at radius 3 is 2.80 bits per heavy atom. The fourth-order valence-corrected chi connectivity index (χ4v) is 2.46. The summed E-state index contributed by atoms with van der Waals surface area (Å²) in [4.78, 5) is 13.4. The Bertz CT molecular complexity index is 488. The van der Waals surface area contributed by atoms with Crippen molar-refractivity contribution in [2.24, 2.45) is 5.92 Å². The van der Waals surface area contributed by atoms with E-state index < -0.39 is 12.1 Å². The van der Waals surface area contributed by atoms with E-state index in [0.29, 0.717) is 18.7 Å². The molecular formula is C14H17F3N2O. The summed E-state index contributed by atoms with van der Waals surface area (Å²) < 4.78 is 38.1. The maximum absolute atomic E-state index is 12.7. The SMILES string of the molecule is Nc1cccc(CC(=O)N2CCCC(C(F)(F)F)C2)c1. The lowest BCUT2D eigenvalue weighted by atomic mass is 9.97. The Morgan fingerprint density at radius 2 is 2.15 bits per heavy atom. The topological polar surface area (TPSA) is 46.3 Å². The number of hydrogen-bond donors (Lipinski definition) is 1. The fraction of sp³-hybridized carbons (Fsp3) is 0.500. The zero-order valence-corrected chi connectivity index (χ0v) is 11.0. The molecule has 1 atom stereocenters. The minimum Gasteiger partial charge on any atom is -0.399 e. The van der Waals surface area contributed by atoms with Crippen molar-refractivity contribution in [3.63, 3.8) is 0 Å². The first-order chi connectivity index (χ1) is 9.36. The van der Waals surface area contributed by atoms with E-state index in [1.807, 2.05) is 0 Å². The van der Waals surface area contributed by atoms with Gasteiger partial charge in [-0.15, -0.1) is 0 Å². The molecular weight excluding hydrogens is 269 g/mol. The van der Waals surface area contributed by atoms with Crippen molar-refractivity contribution in [1.29, 1.82) is 0 Å². The average molecular weight is 286 g/mol. The summed E-state index contributed by atoms with van der Waals surface area (Å²) in [6, 6.07) is 6.85. The Morgan fingerprint density at radius 1 is 1.40 bits per heavy atom. The van der Waals surface area contributed by atoms with Gasteiger partial charge in [-0.2, -0.15) is 13.2 Å². The number of rotatable bonds is 2. The number of nitrogens with zero attached hydrogens (tertiary/aromatic N) is 1. The summed E-state index contributed by atoms with van der Waals surface area (Å²) >= 11 is 0. The van der Waals surface area contributed by atoms with E-state index in [4.69, 9.17) is 5.73 Å². The first-order valence-corrected chi connectivity index (χ1v) is 6.55. The zero-order chi connectivity index (χ0) is 14.8. The van der Waals surface area contributed by atoms with E-state index in [1.54, 1.807) is 24.3 Å². The Kier molecular flexibility index (Phi) is 4.20. The van der Waals surface area contributed by atoms with E-state index >= 15 is 0 Å². The normalized spacial score (nSPS) is 19.9. The van der Waals surface area contributed by atoms with Crippen LogP contribution >= 0.6 is 0 Å². The number of hydrogen-bond acceptors (Lipinski definition) is 2. The standard InChI is InChI=1S/C14H17F3N2O/c15-14(16,17)11-4-2-6-19(9-11)13(20)8-10-3-1-5-12(18)7-10/h1,3,5,7,11H,2,4,6,8-9,18H2. The molecule has 0 radical (unpaired) electrons. The first kappa shape index (κ1) is 14.7. The van der Waals surface area contributed by atoms with Gasteiger partial charge in [0.2, 0.25) is 5.91 Å². The molecule has 0 spiro atoms. The van der Waals surface area contributed by atoms with Gasteiger partial charge in [0.1, 0.15) is 0 Å². The quantitative estimate of drug-likeness (QED) is 0.849. The number of carbonyl (C=O) groups is 1. The lowest BCUT2D eigenvalue weighted by Crippen LogP contribution is -2.45. The average Bonchev–Trinajstić information content (AvgIpc) is 2.38. The van der Waals surface area contributed by atoms with Gasteiger partial charge in [-0.3, -0.25) is 4.79 Å². The lowest BCUT2D eigenvalue weighted by Gasteiger charge is -2.33. The lowest BCUT2D eigenvalue weighted by molar-refractivity contribution is -0.187. The van der Waals surface area contributed by atoms with Gasteiger partial charge in [0.15, 0.2) is 0 Å². The van der Waals surface area contributed by atoms with Crippen molar-refractivity contribution >= 4 is 11.6 Å². The third-order valence-electron chi connectivity index (χ3n) is 3.54. The Balaban J connectivity index is 1.99. The number of likely N-dealkylation sites (tertiary alicyclic amines) is 1. The molecule has 1 unspecified atom stereocenters. The number of nitrogens with two attached hydrogens (primary N) is 1. The van der Waals surface area contributed by atoms with Gasteiger partial charge in [0.25, 0.3) is 0 Å². The van der Waals surface area contributed by atoms with Crippen LogP contribution in [0.25, 0.3) is 0 Å². The predicted octanol–water partition coefficient (Wildman–Crippen LogP) is 2.61. The van der Waals surface area contributed by atoms with Gasteiger partial charge in [-0.1, -0.05) is 12.1 Å². The molecule has 0 aliphatic carbocycles. The number of alkyl halides is 3. The highest BCUT2D eigenvalue weighted by Crippen LogP contribution is 2.33. The van der Waals surface area contributed by atoms with E-state index in [-0.39, 0.29) is 25.3 Å². The van der Waals surface area contributed by atoms with E-state index in [9.17, 15) is 18.0 Å². The molecule has 1 aliphatic rings. The van der Waals surface area contributed by atoms with Crippen LogP contribution in [0.3, 0.4) is 0 Å². The molecule has 2 N–H and O–H groups in total. The molecule has 2 rings (SSSR count). The number of anilines is 1. The van der Waals surface area contributed by atoms with Crippen LogP contribution < -0.4 is 5.73 Å². The summed E-state index contributed by atoms with van der Waals surface area (Å²) in [6.07, 6.45) is -3.63. The van der Waals surface area contributed by atoms with Gasteiger partial charge in [-0.25, -0.2) is 0 Å². The van der Waals surface area contributed by atoms with Crippen LogP contribution in [0.15, 0.2) is 24.3 Å². The third kappa shape index (κ3) is 3.65. The predicted molar refractivity (Wildman–Crippen MR) is 69.9 cm³/mol. The molecule has 20 heavy (non-hydrogen) atoms. The molecule has 1 heterocycles. The summed E-state index contributed by atoms with van der Waals surface area (Å²) in [5.74, 6) is -1.68.